The van der Waals surface area contributed by atoms with Crippen LogP contribution >= 0.6 is 0 Å². The normalized spacial score (nSPS) is 17.1. The van der Waals surface area contributed by atoms with E-state index in [4.69, 9.17) is 4.74 Å². The highest BCUT2D eigenvalue weighted by Gasteiger charge is 2.22. The molecule has 0 aliphatic carbocycles. The Morgan fingerprint density at radius 2 is 1.70 bits per heavy atom. The number of piperazine rings is 1. The molecule has 122 valence electrons. The lowest BCUT2D eigenvalue weighted by molar-refractivity contribution is 0.0442. The van der Waals surface area contributed by atoms with E-state index in [2.05, 4.69) is 22.3 Å². The zero-order valence-electron chi connectivity index (χ0n) is 13.2. The lowest BCUT2D eigenvalue weighted by Crippen LogP contribution is -2.46. The van der Waals surface area contributed by atoms with Crippen molar-refractivity contribution in [2.45, 2.75) is 12.6 Å². The summed E-state index contributed by atoms with van der Waals surface area (Å²) >= 11 is 0. The van der Waals surface area contributed by atoms with Crippen LogP contribution in [0.1, 0.15) is 17.2 Å². The standard InChI is InChI=1S/C19H23FN2O/c20-18-8-6-17(7-9-18)19(22-12-10-21-11-13-22)15-23-14-16-4-2-1-3-5-16/h1-9,19,21H,10-15H2. The molecule has 0 amide bonds. The molecule has 1 aliphatic rings. The van der Waals surface area contributed by atoms with E-state index in [9.17, 15) is 4.39 Å². The number of ether oxygens (including phenoxy) is 1. The zero-order chi connectivity index (χ0) is 15.9. The number of nitrogens with one attached hydrogen (secondary N) is 1. The van der Waals surface area contributed by atoms with Gasteiger partial charge in [0.25, 0.3) is 0 Å². The van der Waals surface area contributed by atoms with E-state index in [1.54, 1.807) is 0 Å². The van der Waals surface area contributed by atoms with Crippen molar-refractivity contribution in [1.82, 2.24) is 10.2 Å². The second-order valence-electron chi connectivity index (χ2n) is 5.85. The highest BCUT2D eigenvalue weighted by molar-refractivity contribution is 5.20. The van der Waals surface area contributed by atoms with E-state index in [0.717, 1.165) is 31.7 Å². The molecule has 1 unspecified atom stereocenters. The Morgan fingerprint density at radius 3 is 2.39 bits per heavy atom. The molecule has 3 rings (SSSR count). The minimum atomic E-state index is -0.196. The molecule has 0 aromatic heterocycles. The van der Waals surface area contributed by atoms with Gasteiger partial charge in [0.2, 0.25) is 0 Å². The minimum Gasteiger partial charge on any atom is -0.375 e. The maximum Gasteiger partial charge on any atom is 0.123 e. The fourth-order valence-corrected chi connectivity index (χ4v) is 2.95. The first-order valence-electron chi connectivity index (χ1n) is 8.15. The van der Waals surface area contributed by atoms with Gasteiger partial charge in [-0.1, -0.05) is 42.5 Å². The van der Waals surface area contributed by atoms with Crippen LogP contribution in [0.25, 0.3) is 0 Å². The summed E-state index contributed by atoms with van der Waals surface area (Å²) in [4.78, 5) is 2.41. The largest absolute Gasteiger partial charge is 0.375 e. The second-order valence-corrected chi connectivity index (χ2v) is 5.85. The van der Waals surface area contributed by atoms with E-state index < -0.39 is 0 Å². The summed E-state index contributed by atoms with van der Waals surface area (Å²) in [6.45, 7) is 5.14. The minimum absolute atomic E-state index is 0.168. The van der Waals surface area contributed by atoms with Gasteiger partial charge in [0.1, 0.15) is 5.82 Å². The predicted molar refractivity (Wildman–Crippen MR) is 89.7 cm³/mol. The second kappa shape index (κ2) is 8.20. The van der Waals surface area contributed by atoms with Gasteiger partial charge in [0, 0.05) is 26.2 Å². The molecule has 1 atom stereocenters. The predicted octanol–water partition coefficient (Wildman–Crippen LogP) is 2.99. The number of rotatable bonds is 6. The van der Waals surface area contributed by atoms with Crippen molar-refractivity contribution in [3.8, 4) is 0 Å². The summed E-state index contributed by atoms with van der Waals surface area (Å²) in [6, 6.07) is 17.1. The van der Waals surface area contributed by atoms with E-state index in [1.807, 2.05) is 30.3 Å². The molecule has 1 saturated heterocycles. The lowest BCUT2D eigenvalue weighted by atomic mass is 10.1. The molecule has 1 fully saturated rings. The van der Waals surface area contributed by atoms with Crippen molar-refractivity contribution in [2.75, 3.05) is 32.8 Å². The van der Waals surface area contributed by atoms with Crippen molar-refractivity contribution in [2.24, 2.45) is 0 Å². The summed E-state index contributed by atoms with van der Waals surface area (Å²) in [6.07, 6.45) is 0. The quantitative estimate of drug-likeness (QED) is 0.887. The van der Waals surface area contributed by atoms with Crippen LogP contribution in [0.4, 0.5) is 4.39 Å². The fourth-order valence-electron chi connectivity index (χ4n) is 2.95. The Balaban J connectivity index is 1.65. The van der Waals surface area contributed by atoms with Crippen LogP contribution in [-0.2, 0) is 11.3 Å². The van der Waals surface area contributed by atoms with Gasteiger partial charge in [-0.25, -0.2) is 4.39 Å². The van der Waals surface area contributed by atoms with Gasteiger partial charge in [-0.3, -0.25) is 4.90 Å². The number of hydrogen-bond donors (Lipinski definition) is 1. The Kier molecular flexibility index (Phi) is 5.75. The summed E-state index contributed by atoms with van der Waals surface area (Å²) < 4.78 is 19.2. The van der Waals surface area contributed by atoms with Crippen molar-refractivity contribution >= 4 is 0 Å². The average Bonchev–Trinajstić information content (AvgIpc) is 2.61. The number of hydrogen-bond acceptors (Lipinski definition) is 3. The van der Waals surface area contributed by atoms with Crippen LogP contribution in [0.3, 0.4) is 0 Å². The molecule has 4 heteroatoms. The van der Waals surface area contributed by atoms with Gasteiger partial charge >= 0.3 is 0 Å². The number of nitrogens with zero attached hydrogens (tertiary/aromatic N) is 1. The molecule has 0 spiro atoms. The van der Waals surface area contributed by atoms with Gasteiger partial charge in [0.15, 0.2) is 0 Å². The van der Waals surface area contributed by atoms with E-state index in [1.165, 1.54) is 17.7 Å². The monoisotopic (exact) mass is 314 g/mol. The van der Waals surface area contributed by atoms with Gasteiger partial charge < -0.3 is 10.1 Å². The van der Waals surface area contributed by atoms with E-state index in [-0.39, 0.29) is 11.9 Å². The SMILES string of the molecule is Fc1ccc(C(COCc2ccccc2)N2CCNCC2)cc1. The van der Waals surface area contributed by atoms with Crippen LogP contribution in [0.15, 0.2) is 54.6 Å². The number of halogens is 1. The number of benzene rings is 2. The summed E-state index contributed by atoms with van der Waals surface area (Å²) in [5, 5.41) is 3.37. The third kappa shape index (κ3) is 4.61. The molecule has 0 bridgehead atoms. The molecule has 1 heterocycles. The summed E-state index contributed by atoms with van der Waals surface area (Å²) in [5.74, 6) is -0.196. The highest BCUT2D eigenvalue weighted by Crippen LogP contribution is 2.22. The molecule has 2 aromatic rings. The molecule has 1 aliphatic heterocycles. The third-order valence-electron chi connectivity index (χ3n) is 4.23. The van der Waals surface area contributed by atoms with Crippen LogP contribution < -0.4 is 5.32 Å². The first kappa shape index (κ1) is 16.1. The fraction of sp³-hybridized carbons (Fsp3) is 0.368. The molecule has 2 aromatic carbocycles. The first-order chi connectivity index (χ1) is 11.3. The molecular formula is C19H23FN2O. The average molecular weight is 314 g/mol. The van der Waals surface area contributed by atoms with Gasteiger partial charge in [0.05, 0.1) is 19.3 Å². The molecule has 0 saturated carbocycles. The van der Waals surface area contributed by atoms with E-state index >= 15 is 0 Å². The highest BCUT2D eigenvalue weighted by atomic mass is 19.1. The van der Waals surface area contributed by atoms with Gasteiger partial charge in [-0.2, -0.15) is 0 Å². The molecule has 3 nitrogen and oxygen atoms in total. The lowest BCUT2D eigenvalue weighted by Gasteiger charge is -2.35. The van der Waals surface area contributed by atoms with Crippen molar-refractivity contribution in [3.63, 3.8) is 0 Å². The van der Waals surface area contributed by atoms with Crippen molar-refractivity contribution in [3.05, 3.63) is 71.5 Å². The molecule has 23 heavy (non-hydrogen) atoms. The van der Waals surface area contributed by atoms with Crippen LogP contribution in [-0.4, -0.2) is 37.7 Å². The Labute approximate surface area is 137 Å². The van der Waals surface area contributed by atoms with Gasteiger partial charge in [-0.15, -0.1) is 0 Å². The maximum absolute atomic E-state index is 13.2. The zero-order valence-corrected chi connectivity index (χ0v) is 13.2. The van der Waals surface area contributed by atoms with E-state index in [0.29, 0.717) is 13.2 Å². The topological polar surface area (TPSA) is 24.5 Å². The first-order valence-corrected chi connectivity index (χ1v) is 8.15. The van der Waals surface area contributed by atoms with Crippen LogP contribution in [0.2, 0.25) is 0 Å². The third-order valence-corrected chi connectivity index (χ3v) is 4.23. The van der Waals surface area contributed by atoms with Crippen molar-refractivity contribution in [1.29, 1.82) is 0 Å². The smallest absolute Gasteiger partial charge is 0.123 e. The Bertz CT molecular complexity index is 582. The maximum atomic E-state index is 13.2. The molecule has 0 radical (unpaired) electrons. The summed E-state index contributed by atoms with van der Waals surface area (Å²) in [5.41, 5.74) is 2.28. The van der Waals surface area contributed by atoms with Crippen LogP contribution in [0, 0.1) is 5.82 Å². The molecule has 1 N–H and O–H groups in total. The Morgan fingerprint density at radius 1 is 1.00 bits per heavy atom. The van der Waals surface area contributed by atoms with Crippen molar-refractivity contribution < 1.29 is 9.13 Å². The van der Waals surface area contributed by atoms with Gasteiger partial charge in [-0.05, 0) is 23.3 Å². The molecular weight excluding hydrogens is 291 g/mol. The van der Waals surface area contributed by atoms with Crippen LogP contribution in [0.5, 0.6) is 0 Å². The summed E-state index contributed by atoms with van der Waals surface area (Å²) in [7, 11) is 0. The Hall–Kier alpha value is -1.75.